The van der Waals surface area contributed by atoms with Crippen molar-refractivity contribution in [3.8, 4) is 0 Å². The largest absolute Gasteiger partial charge is 0.371 e. The molecule has 0 aromatic heterocycles. The van der Waals surface area contributed by atoms with Gasteiger partial charge in [0.25, 0.3) is 0 Å². The predicted molar refractivity (Wildman–Crippen MR) is 111 cm³/mol. The van der Waals surface area contributed by atoms with Crippen LogP contribution < -0.4 is 16.0 Å². The predicted octanol–water partition coefficient (Wildman–Crippen LogP) is 4.49. The quantitative estimate of drug-likeness (QED) is 0.584. The van der Waals surface area contributed by atoms with Crippen LogP contribution in [-0.2, 0) is 0 Å². The van der Waals surface area contributed by atoms with E-state index >= 15 is 0 Å². The minimum absolute atomic E-state index is 0.0343. The highest BCUT2D eigenvalue weighted by molar-refractivity contribution is 6.35. The van der Waals surface area contributed by atoms with Crippen LogP contribution in [0.25, 0.3) is 0 Å². The molecule has 6 heteroatoms. The molecule has 2 atom stereocenters. The molecule has 2 aromatic carbocycles. The van der Waals surface area contributed by atoms with E-state index in [0.717, 1.165) is 31.6 Å². The molecule has 1 fully saturated rings. The Balaban J connectivity index is 1.52. The normalized spacial score (nSPS) is 18.8. The Hall–Kier alpha value is -1.91. The first kappa shape index (κ1) is 18.9. The highest BCUT2D eigenvalue weighted by Gasteiger charge is 2.22. The average Bonchev–Trinajstić information content (AvgIpc) is 3.09. The van der Waals surface area contributed by atoms with E-state index in [1.54, 1.807) is 6.07 Å². The van der Waals surface area contributed by atoms with Crippen molar-refractivity contribution < 1.29 is 0 Å². The Kier molecular flexibility index (Phi) is 6.28. The number of benzene rings is 2. The molecule has 1 saturated heterocycles. The molecule has 0 bridgehead atoms. The van der Waals surface area contributed by atoms with Gasteiger partial charge >= 0.3 is 0 Å². The van der Waals surface area contributed by atoms with E-state index in [9.17, 15) is 0 Å². The summed E-state index contributed by atoms with van der Waals surface area (Å²) in [7, 11) is 0. The summed E-state index contributed by atoms with van der Waals surface area (Å²) in [5, 5.41) is 4.46. The molecular weight excluding hydrogens is 367 g/mol. The second-order valence-corrected chi connectivity index (χ2v) is 7.54. The van der Waals surface area contributed by atoms with Crippen LogP contribution in [0.3, 0.4) is 0 Å². The molecule has 0 spiro atoms. The van der Waals surface area contributed by atoms with Crippen LogP contribution in [0.4, 0.5) is 5.69 Å². The maximum absolute atomic E-state index is 6.25. The van der Waals surface area contributed by atoms with Gasteiger partial charge in [-0.3, -0.25) is 4.99 Å². The summed E-state index contributed by atoms with van der Waals surface area (Å²) in [5.41, 5.74) is 8.30. The van der Waals surface area contributed by atoms with Crippen molar-refractivity contribution in [2.24, 2.45) is 16.6 Å². The monoisotopic (exact) mass is 390 g/mol. The van der Waals surface area contributed by atoms with Gasteiger partial charge in [-0.2, -0.15) is 0 Å². The van der Waals surface area contributed by atoms with E-state index in [-0.39, 0.29) is 6.04 Å². The van der Waals surface area contributed by atoms with Crippen molar-refractivity contribution in [1.29, 1.82) is 0 Å². The summed E-state index contributed by atoms with van der Waals surface area (Å²) in [6.07, 6.45) is 1.13. The van der Waals surface area contributed by atoms with Gasteiger partial charge in [-0.25, -0.2) is 0 Å². The lowest BCUT2D eigenvalue weighted by Gasteiger charge is -2.18. The van der Waals surface area contributed by atoms with E-state index in [1.807, 2.05) is 25.1 Å². The molecule has 1 aliphatic rings. The van der Waals surface area contributed by atoms with E-state index in [1.165, 1.54) is 5.69 Å². The van der Waals surface area contributed by atoms with Gasteiger partial charge in [0.1, 0.15) is 0 Å². The SMILES string of the molecule is CC(NC(N)=NCC1CCN(c2ccccc2)C1)c1ccc(Cl)cc1Cl. The summed E-state index contributed by atoms with van der Waals surface area (Å²) in [6.45, 7) is 4.81. The van der Waals surface area contributed by atoms with Gasteiger partial charge in [-0.05, 0) is 49.1 Å². The first-order chi connectivity index (χ1) is 12.5. The highest BCUT2D eigenvalue weighted by Crippen LogP contribution is 2.26. The lowest BCUT2D eigenvalue weighted by atomic mass is 10.1. The number of nitrogens with one attached hydrogen (secondary N) is 1. The molecule has 0 amide bonds. The zero-order valence-corrected chi connectivity index (χ0v) is 16.3. The number of nitrogens with zero attached hydrogens (tertiary/aromatic N) is 2. The number of guanidine groups is 1. The van der Waals surface area contributed by atoms with E-state index < -0.39 is 0 Å². The number of rotatable bonds is 5. The molecule has 0 saturated carbocycles. The number of hydrogen-bond acceptors (Lipinski definition) is 2. The van der Waals surface area contributed by atoms with Crippen molar-refractivity contribution in [2.75, 3.05) is 24.5 Å². The first-order valence-corrected chi connectivity index (χ1v) is 9.60. The molecule has 138 valence electrons. The van der Waals surface area contributed by atoms with Gasteiger partial charge in [0, 0.05) is 35.4 Å². The topological polar surface area (TPSA) is 53.6 Å². The minimum Gasteiger partial charge on any atom is -0.371 e. The van der Waals surface area contributed by atoms with E-state index in [4.69, 9.17) is 28.9 Å². The second kappa shape index (κ2) is 8.65. The Morgan fingerprint density at radius 1 is 1.27 bits per heavy atom. The van der Waals surface area contributed by atoms with Gasteiger partial charge in [-0.1, -0.05) is 47.5 Å². The third kappa shape index (κ3) is 4.83. The van der Waals surface area contributed by atoms with Crippen LogP contribution in [0.1, 0.15) is 24.9 Å². The fraction of sp³-hybridized carbons (Fsp3) is 0.350. The maximum atomic E-state index is 6.25. The van der Waals surface area contributed by atoms with Crippen LogP contribution in [-0.4, -0.2) is 25.6 Å². The van der Waals surface area contributed by atoms with Crippen LogP contribution in [0, 0.1) is 5.92 Å². The van der Waals surface area contributed by atoms with Gasteiger partial charge in [0.2, 0.25) is 0 Å². The van der Waals surface area contributed by atoms with E-state index in [0.29, 0.717) is 21.9 Å². The number of anilines is 1. The molecule has 2 aromatic rings. The molecule has 1 aliphatic heterocycles. The molecule has 2 unspecified atom stereocenters. The standard InChI is InChI=1S/C20H24Cl2N4/c1-14(18-8-7-16(21)11-19(18)22)25-20(23)24-12-15-9-10-26(13-15)17-5-3-2-4-6-17/h2-8,11,14-15H,9-10,12-13H2,1H3,(H3,23,24,25). The number of para-hydroxylation sites is 1. The molecule has 4 nitrogen and oxygen atoms in total. The zero-order chi connectivity index (χ0) is 18.5. The van der Waals surface area contributed by atoms with Crippen molar-refractivity contribution in [3.05, 3.63) is 64.1 Å². The summed E-state index contributed by atoms with van der Waals surface area (Å²) in [6, 6.07) is 15.9. The van der Waals surface area contributed by atoms with Crippen molar-refractivity contribution >= 4 is 34.8 Å². The number of aliphatic imine (C=N–C) groups is 1. The smallest absolute Gasteiger partial charge is 0.189 e. The van der Waals surface area contributed by atoms with Crippen molar-refractivity contribution in [3.63, 3.8) is 0 Å². The van der Waals surface area contributed by atoms with Crippen LogP contribution in [0.2, 0.25) is 10.0 Å². The van der Waals surface area contributed by atoms with Gasteiger partial charge in [-0.15, -0.1) is 0 Å². The summed E-state index contributed by atoms with van der Waals surface area (Å²) in [5.74, 6) is 0.964. The highest BCUT2D eigenvalue weighted by atomic mass is 35.5. The van der Waals surface area contributed by atoms with Crippen molar-refractivity contribution in [1.82, 2.24) is 5.32 Å². The Bertz CT molecular complexity index is 764. The van der Waals surface area contributed by atoms with Crippen LogP contribution >= 0.6 is 23.2 Å². The first-order valence-electron chi connectivity index (χ1n) is 8.84. The number of halogens is 2. The summed E-state index contributed by atoms with van der Waals surface area (Å²) >= 11 is 12.2. The molecule has 26 heavy (non-hydrogen) atoms. The fourth-order valence-electron chi connectivity index (χ4n) is 3.28. The summed E-state index contributed by atoms with van der Waals surface area (Å²) < 4.78 is 0. The lowest BCUT2D eigenvalue weighted by Crippen LogP contribution is -2.34. The third-order valence-corrected chi connectivity index (χ3v) is 5.28. The lowest BCUT2D eigenvalue weighted by molar-refractivity contribution is 0.598. The zero-order valence-electron chi connectivity index (χ0n) is 14.8. The Morgan fingerprint density at radius 3 is 2.77 bits per heavy atom. The molecule has 3 N–H and O–H groups in total. The van der Waals surface area contributed by atoms with Crippen LogP contribution in [0.15, 0.2) is 53.5 Å². The molecular formula is C20H24Cl2N4. The molecule has 0 aliphatic carbocycles. The van der Waals surface area contributed by atoms with Crippen molar-refractivity contribution in [2.45, 2.75) is 19.4 Å². The molecule has 1 heterocycles. The van der Waals surface area contributed by atoms with Crippen LogP contribution in [0.5, 0.6) is 0 Å². The van der Waals surface area contributed by atoms with Gasteiger partial charge < -0.3 is 16.0 Å². The Morgan fingerprint density at radius 2 is 2.04 bits per heavy atom. The maximum Gasteiger partial charge on any atom is 0.189 e. The minimum atomic E-state index is -0.0343. The van der Waals surface area contributed by atoms with Gasteiger partial charge in [0.15, 0.2) is 5.96 Å². The number of hydrogen-bond donors (Lipinski definition) is 2. The second-order valence-electron chi connectivity index (χ2n) is 6.69. The van der Waals surface area contributed by atoms with Gasteiger partial charge in [0.05, 0.1) is 6.04 Å². The molecule has 0 radical (unpaired) electrons. The fourth-order valence-corrected chi connectivity index (χ4v) is 3.85. The Labute approximate surface area is 165 Å². The number of nitrogens with two attached hydrogens (primary N) is 1. The summed E-state index contributed by atoms with van der Waals surface area (Å²) in [4.78, 5) is 6.94. The van der Waals surface area contributed by atoms with E-state index in [2.05, 4.69) is 39.5 Å². The average molecular weight is 391 g/mol. The third-order valence-electron chi connectivity index (χ3n) is 4.72. The molecule has 3 rings (SSSR count).